The first-order valence-electron chi connectivity index (χ1n) is 5.83. The standard InChI is InChI=1S/C14H14ClIN2/c1-4-11-12(16)13(15)18-14(17-11)10-7-5-6-8(2)9(10)3/h5-7H,4H2,1-3H3. The lowest BCUT2D eigenvalue weighted by Gasteiger charge is -2.10. The van der Waals surface area contributed by atoms with Gasteiger partial charge in [-0.1, -0.05) is 36.7 Å². The van der Waals surface area contributed by atoms with Crippen molar-refractivity contribution in [2.45, 2.75) is 27.2 Å². The van der Waals surface area contributed by atoms with Crippen molar-refractivity contribution in [3.8, 4) is 11.4 Å². The third-order valence-electron chi connectivity index (χ3n) is 3.06. The lowest BCUT2D eigenvalue weighted by Crippen LogP contribution is -2.01. The smallest absolute Gasteiger partial charge is 0.161 e. The molecule has 1 aromatic carbocycles. The van der Waals surface area contributed by atoms with Crippen molar-refractivity contribution >= 4 is 34.2 Å². The normalized spacial score (nSPS) is 10.7. The van der Waals surface area contributed by atoms with Crippen LogP contribution in [-0.4, -0.2) is 9.97 Å². The second-order valence-corrected chi connectivity index (χ2v) is 5.64. The second kappa shape index (κ2) is 5.53. The molecule has 0 amide bonds. The summed E-state index contributed by atoms with van der Waals surface area (Å²) in [6.07, 6.45) is 0.860. The number of rotatable bonds is 2. The van der Waals surface area contributed by atoms with Crippen LogP contribution in [0.1, 0.15) is 23.7 Å². The van der Waals surface area contributed by atoms with E-state index in [2.05, 4.69) is 59.4 Å². The van der Waals surface area contributed by atoms with E-state index in [9.17, 15) is 0 Å². The predicted octanol–water partition coefficient (Wildman–Crippen LogP) is 4.58. The minimum absolute atomic E-state index is 0.540. The Kier molecular flexibility index (Phi) is 4.22. The predicted molar refractivity (Wildman–Crippen MR) is 84.0 cm³/mol. The number of hydrogen-bond donors (Lipinski definition) is 0. The van der Waals surface area contributed by atoms with E-state index in [-0.39, 0.29) is 0 Å². The van der Waals surface area contributed by atoms with Crippen molar-refractivity contribution in [2.75, 3.05) is 0 Å². The maximum Gasteiger partial charge on any atom is 0.161 e. The third kappa shape index (κ3) is 2.52. The van der Waals surface area contributed by atoms with E-state index in [0.29, 0.717) is 5.15 Å². The van der Waals surface area contributed by atoms with E-state index >= 15 is 0 Å². The van der Waals surface area contributed by atoms with Crippen molar-refractivity contribution in [3.05, 3.63) is 43.7 Å². The van der Waals surface area contributed by atoms with Gasteiger partial charge in [-0.05, 0) is 54.0 Å². The van der Waals surface area contributed by atoms with Gasteiger partial charge in [0.25, 0.3) is 0 Å². The van der Waals surface area contributed by atoms with E-state index in [1.165, 1.54) is 11.1 Å². The fourth-order valence-electron chi connectivity index (χ4n) is 1.81. The zero-order valence-corrected chi connectivity index (χ0v) is 13.5. The highest BCUT2D eigenvalue weighted by atomic mass is 127. The Bertz CT molecular complexity index is 597. The molecule has 0 unspecified atom stereocenters. The molecule has 0 radical (unpaired) electrons. The van der Waals surface area contributed by atoms with Crippen molar-refractivity contribution in [1.29, 1.82) is 0 Å². The second-order valence-electron chi connectivity index (χ2n) is 4.20. The van der Waals surface area contributed by atoms with Crippen LogP contribution in [0.3, 0.4) is 0 Å². The van der Waals surface area contributed by atoms with Crippen LogP contribution in [0.25, 0.3) is 11.4 Å². The Morgan fingerprint density at radius 3 is 2.61 bits per heavy atom. The first-order chi connectivity index (χ1) is 8.54. The van der Waals surface area contributed by atoms with Crippen LogP contribution >= 0.6 is 34.2 Å². The summed E-state index contributed by atoms with van der Waals surface area (Å²) in [6, 6.07) is 6.16. The largest absolute Gasteiger partial charge is 0.232 e. The Morgan fingerprint density at radius 2 is 1.94 bits per heavy atom. The quantitative estimate of drug-likeness (QED) is 0.569. The Morgan fingerprint density at radius 1 is 1.22 bits per heavy atom. The molecule has 0 fully saturated rings. The molecule has 0 N–H and O–H groups in total. The zero-order chi connectivity index (χ0) is 13.3. The van der Waals surface area contributed by atoms with Gasteiger partial charge >= 0.3 is 0 Å². The molecule has 2 rings (SSSR count). The topological polar surface area (TPSA) is 25.8 Å². The molecule has 2 aromatic rings. The first-order valence-corrected chi connectivity index (χ1v) is 7.28. The summed E-state index contributed by atoms with van der Waals surface area (Å²) in [6.45, 7) is 6.26. The van der Waals surface area contributed by atoms with Gasteiger partial charge in [-0.2, -0.15) is 0 Å². The van der Waals surface area contributed by atoms with Crippen LogP contribution in [0.4, 0.5) is 0 Å². The summed E-state index contributed by atoms with van der Waals surface area (Å²) in [5.74, 6) is 0.721. The van der Waals surface area contributed by atoms with Crippen LogP contribution in [0, 0.1) is 17.4 Å². The van der Waals surface area contributed by atoms with Gasteiger partial charge in [-0.3, -0.25) is 0 Å². The summed E-state index contributed by atoms with van der Waals surface area (Å²) in [7, 11) is 0. The molecule has 0 aliphatic heterocycles. The first kappa shape index (κ1) is 13.7. The van der Waals surface area contributed by atoms with Gasteiger partial charge in [-0.15, -0.1) is 0 Å². The number of halogens is 2. The Labute approximate surface area is 126 Å². The van der Waals surface area contributed by atoms with Gasteiger partial charge in [0.05, 0.1) is 9.26 Å². The molecule has 1 heterocycles. The van der Waals surface area contributed by atoms with Gasteiger partial charge in [0.15, 0.2) is 5.82 Å². The molecule has 0 saturated carbocycles. The highest BCUT2D eigenvalue weighted by Crippen LogP contribution is 2.27. The van der Waals surface area contributed by atoms with Crippen molar-refractivity contribution in [2.24, 2.45) is 0 Å². The van der Waals surface area contributed by atoms with E-state index < -0.39 is 0 Å². The number of hydrogen-bond acceptors (Lipinski definition) is 2. The molecule has 4 heteroatoms. The van der Waals surface area contributed by atoms with Crippen LogP contribution in [0.5, 0.6) is 0 Å². The molecule has 0 aliphatic rings. The molecule has 0 atom stereocenters. The molecule has 2 nitrogen and oxygen atoms in total. The molecule has 94 valence electrons. The fraction of sp³-hybridized carbons (Fsp3) is 0.286. The van der Waals surface area contributed by atoms with Gasteiger partial charge in [0.2, 0.25) is 0 Å². The minimum Gasteiger partial charge on any atom is -0.232 e. The summed E-state index contributed by atoms with van der Waals surface area (Å²) in [5, 5.41) is 0.540. The van der Waals surface area contributed by atoms with Crippen LogP contribution in [-0.2, 0) is 6.42 Å². The molecule has 0 spiro atoms. The van der Waals surface area contributed by atoms with E-state index in [0.717, 1.165) is 27.1 Å². The van der Waals surface area contributed by atoms with Gasteiger partial charge in [0, 0.05) is 5.56 Å². The molecule has 18 heavy (non-hydrogen) atoms. The summed E-state index contributed by atoms with van der Waals surface area (Å²) >= 11 is 8.38. The van der Waals surface area contributed by atoms with E-state index in [1.807, 2.05) is 12.1 Å². The molecular weight excluding hydrogens is 359 g/mol. The molecule has 0 bridgehead atoms. The van der Waals surface area contributed by atoms with Gasteiger partial charge in [0.1, 0.15) is 5.15 Å². The minimum atomic E-state index is 0.540. The number of aryl methyl sites for hydroxylation is 2. The van der Waals surface area contributed by atoms with Crippen molar-refractivity contribution < 1.29 is 0 Å². The van der Waals surface area contributed by atoms with Crippen LogP contribution in [0.15, 0.2) is 18.2 Å². The van der Waals surface area contributed by atoms with E-state index in [4.69, 9.17) is 11.6 Å². The molecular formula is C14H14ClIN2. The number of nitrogens with zero attached hydrogens (tertiary/aromatic N) is 2. The lowest BCUT2D eigenvalue weighted by molar-refractivity contribution is 0.987. The summed E-state index contributed by atoms with van der Waals surface area (Å²) in [5.41, 5.74) is 4.51. The average Bonchev–Trinajstić information content (AvgIpc) is 2.36. The zero-order valence-electron chi connectivity index (χ0n) is 10.6. The highest BCUT2D eigenvalue weighted by Gasteiger charge is 2.12. The number of benzene rings is 1. The molecule has 1 aromatic heterocycles. The summed E-state index contributed by atoms with van der Waals surface area (Å²) in [4.78, 5) is 9.02. The highest BCUT2D eigenvalue weighted by molar-refractivity contribution is 14.1. The van der Waals surface area contributed by atoms with Gasteiger partial charge < -0.3 is 0 Å². The Balaban J connectivity index is 2.64. The van der Waals surface area contributed by atoms with Crippen LogP contribution < -0.4 is 0 Å². The van der Waals surface area contributed by atoms with Gasteiger partial charge in [-0.25, -0.2) is 9.97 Å². The summed E-state index contributed by atoms with van der Waals surface area (Å²) < 4.78 is 0.950. The maximum absolute atomic E-state index is 6.18. The third-order valence-corrected chi connectivity index (χ3v) is 4.79. The average molecular weight is 373 g/mol. The molecule has 0 saturated heterocycles. The van der Waals surface area contributed by atoms with Crippen molar-refractivity contribution in [3.63, 3.8) is 0 Å². The fourth-order valence-corrected chi connectivity index (χ4v) is 2.62. The number of aromatic nitrogens is 2. The lowest BCUT2D eigenvalue weighted by atomic mass is 10.0. The van der Waals surface area contributed by atoms with E-state index in [1.54, 1.807) is 0 Å². The molecule has 0 aliphatic carbocycles. The Hall–Kier alpha value is -0.680. The monoisotopic (exact) mass is 372 g/mol. The van der Waals surface area contributed by atoms with Crippen LogP contribution in [0.2, 0.25) is 5.15 Å². The van der Waals surface area contributed by atoms with Crippen molar-refractivity contribution in [1.82, 2.24) is 9.97 Å². The maximum atomic E-state index is 6.18. The SMILES string of the molecule is CCc1nc(-c2cccc(C)c2C)nc(Cl)c1I.